The lowest BCUT2D eigenvalue weighted by molar-refractivity contribution is -0.130. The lowest BCUT2D eigenvalue weighted by Gasteiger charge is -2.24. The van der Waals surface area contributed by atoms with Crippen LogP contribution in [0.2, 0.25) is 0 Å². The standard InChI is InChI=1S/C10H20N2O2/c1-10(2,14)4-7-12-6-3-5-11-8-9(12)13/h11,14H,3-8H2,1-2H3. The van der Waals surface area contributed by atoms with E-state index in [2.05, 4.69) is 5.32 Å². The Morgan fingerprint density at radius 2 is 2.29 bits per heavy atom. The zero-order valence-corrected chi connectivity index (χ0v) is 9.05. The summed E-state index contributed by atoms with van der Waals surface area (Å²) in [5.74, 6) is 0.145. The van der Waals surface area contributed by atoms with Gasteiger partial charge in [0.15, 0.2) is 0 Å². The summed E-state index contributed by atoms with van der Waals surface area (Å²) < 4.78 is 0. The third-order valence-electron chi connectivity index (χ3n) is 2.40. The third-order valence-corrected chi connectivity index (χ3v) is 2.40. The van der Waals surface area contributed by atoms with Crippen molar-refractivity contribution in [3.8, 4) is 0 Å². The molecule has 1 fully saturated rings. The van der Waals surface area contributed by atoms with Crippen molar-refractivity contribution in [1.82, 2.24) is 10.2 Å². The van der Waals surface area contributed by atoms with E-state index in [9.17, 15) is 9.90 Å². The molecule has 1 rings (SSSR count). The van der Waals surface area contributed by atoms with E-state index in [1.807, 2.05) is 4.90 Å². The van der Waals surface area contributed by atoms with E-state index in [0.29, 0.717) is 19.5 Å². The minimum atomic E-state index is -0.681. The molecular weight excluding hydrogens is 180 g/mol. The molecular formula is C10H20N2O2. The van der Waals surface area contributed by atoms with Gasteiger partial charge in [-0.3, -0.25) is 4.79 Å². The molecule has 2 N–H and O–H groups in total. The highest BCUT2D eigenvalue weighted by Crippen LogP contribution is 2.09. The summed E-state index contributed by atoms with van der Waals surface area (Å²) >= 11 is 0. The summed E-state index contributed by atoms with van der Waals surface area (Å²) in [6, 6.07) is 0. The molecule has 0 atom stereocenters. The van der Waals surface area contributed by atoms with Gasteiger partial charge in [-0.1, -0.05) is 0 Å². The van der Waals surface area contributed by atoms with Gasteiger partial charge >= 0.3 is 0 Å². The fourth-order valence-corrected chi connectivity index (χ4v) is 1.47. The van der Waals surface area contributed by atoms with Crippen LogP contribution >= 0.6 is 0 Å². The van der Waals surface area contributed by atoms with Crippen molar-refractivity contribution in [2.75, 3.05) is 26.2 Å². The van der Waals surface area contributed by atoms with Gasteiger partial charge in [-0.15, -0.1) is 0 Å². The van der Waals surface area contributed by atoms with Crippen molar-refractivity contribution in [2.24, 2.45) is 0 Å². The normalized spacial score (nSPS) is 19.6. The van der Waals surface area contributed by atoms with Gasteiger partial charge in [0.2, 0.25) is 5.91 Å². The summed E-state index contributed by atoms with van der Waals surface area (Å²) in [6.45, 7) is 6.35. The number of amides is 1. The molecule has 1 amide bonds. The first-order valence-corrected chi connectivity index (χ1v) is 5.20. The van der Waals surface area contributed by atoms with E-state index in [1.165, 1.54) is 0 Å². The fraction of sp³-hybridized carbons (Fsp3) is 0.900. The Bertz CT molecular complexity index is 199. The summed E-state index contributed by atoms with van der Waals surface area (Å²) in [5, 5.41) is 12.6. The molecule has 0 unspecified atom stereocenters. The number of hydrogen-bond donors (Lipinski definition) is 2. The van der Waals surface area contributed by atoms with Crippen LogP contribution in [-0.4, -0.2) is 47.7 Å². The van der Waals surface area contributed by atoms with Crippen molar-refractivity contribution in [2.45, 2.75) is 32.3 Å². The molecule has 0 aromatic carbocycles. The van der Waals surface area contributed by atoms with E-state index >= 15 is 0 Å². The van der Waals surface area contributed by atoms with Crippen molar-refractivity contribution >= 4 is 5.91 Å². The molecule has 0 spiro atoms. The van der Waals surface area contributed by atoms with E-state index in [1.54, 1.807) is 13.8 Å². The molecule has 14 heavy (non-hydrogen) atoms. The van der Waals surface area contributed by atoms with Gasteiger partial charge in [0.25, 0.3) is 0 Å². The van der Waals surface area contributed by atoms with Crippen molar-refractivity contribution in [3.63, 3.8) is 0 Å². The molecule has 0 bridgehead atoms. The van der Waals surface area contributed by atoms with Crippen LogP contribution < -0.4 is 5.32 Å². The number of carbonyl (C=O) groups excluding carboxylic acids is 1. The third kappa shape index (κ3) is 4.07. The first-order valence-electron chi connectivity index (χ1n) is 5.20. The van der Waals surface area contributed by atoms with Crippen LogP contribution in [0.1, 0.15) is 26.7 Å². The molecule has 0 aromatic heterocycles. The van der Waals surface area contributed by atoms with Gasteiger partial charge in [-0.05, 0) is 33.2 Å². The monoisotopic (exact) mass is 200 g/mol. The number of nitrogens with one attached hydrogen (secondary N) is 1. The Hall–Kier alpha value is -0.610. The Balaban J connectivity index is 2.37. The Morgan fingerprint density at radius 3 is 2.93 bits per heavy atom. The summed E-state index contributed by atoms with van der Waals surface area (Å²) in [7, 11) is 0. The topological polar surface area (TPSA) is 52.6 Å². The molecule has 82 valence electrons. The average Bonchev–Trinajstić information content (AvgIpc) is 2.25. The molecule has 4 heteroatoms. The minimum absolute atomic E-state index is 0.145. The molecule has 1 aliphatic rings. The predicted molar refractivity (Wildman–Crippen MR) is 55.0 cm³/mol. The summed E-state index contributed by atoms with van der Waals surface area (Å²) in [5.41, 5.74) is -0.681. The second-order valence-electron chi connectivity index (χ2n) is 4.47. The number of carbonyl (C=O) groups is 1. The smallest absolute Gasteiger partial charge is 0.236 e. The Labute approximate surface area is 85.3 Å². The molecule has 0 saturated carbocycles. The number of nitrogens with zero attached hydrogens (tertiary/aromatic N) is 1. The van der Waals surface area contributed by atoms with Crippen molar-refractivity contribution in [3.05, 3.63) is 0 Å². The number of hydrogen-bond acceptors (Lipinski definition) is 3. The molecule has 0 aliphatic carbocycles. The van der Waals surface area contributed by atoms with Crippen LogP contribution in [0.3, 0.4) is 0 Å². The van der Waals surface area contributed by atoms with Gasteiger partial charge in [0, 0.05) is 13.1 Å². The van der Waals surface area contributed by atoms with Crippen LogP contribution in [0.4, 0.5) is 0 Å². The second kappa shape index (κ2) is 4.75. The molecule has 1 saturated heterocycles. The Morgan fingerprint density at radius 1 is 1.57 bits per heavy atom. The zero-order valence-electron chi connectivity index (χ0n) is 9.05. The van der Waals surface area contributed by atoms with Gasteiger partial charge < -0.3 is 15.3 Å². The predicted octanol–water partition coefficient (Wildman–Crippen LogP) is -0.0307. The molecule has 4 nitrogen and oxygen atoms in total. The molecule has 1 heterocycles. The Kier molecular flexibility index (Phi) is 3.89. The SMILES string of the molecule is CC(C)(O)CCN1CCCNCC1=O. The molecule has 1 aliphatic heterocycles. The zero-order chi connectivity index (χ0) is 10.6. The highest BCUT2D eigenvalue weighted by Gasteiger charge is 2.19. The largest absolute Gasteiger partial charge is 0.390 e. The first kappa shape index (κ1) is 11.5. The van der Waals surface area contributed by atoms with Crippen LogP contribution in [-0.2, 0) is 4.79 Å². The maximum Gasteiger partial charge on any atom is 0.236 e. The van der Waals surface area contributed by atoms with Gasteiger partial charge in [0.1, 0.15) is 0 Å². The van der Waals surface area contributed by atoms with Gasteiger partial charge in [-0.25, -0.2) is 0 Å². The van der Waals surface area contributed by atoms with E-state index < -0.39 is 5.60 Å². The highest BCUT2D eigenvalue weighted by molar-refractivity contribution is 5.78. The highest BCUT2D eigenvalue weighted by atomic mass is 16.3. The fourth-order valence-electron chi connectivity index (χ4n) is 1.47. The summed E-state index contributed by atoms with van der Waals surface area (Å²) in [6.07, 6.45) is 1.64. The first-order chi connectivity index (χ1) is 6.49. The van der Waals surface area contributed by atoms with E-state index in [4.69, 9.17) is 0 Å². The van der Waals surface area contributed by atoms with Gasteiger partial charge in [-0.2, -0.15) is 0 Å². The molecule has 0 radical (unpaired) electrons. The van der Waals surface area contributed by atoms with Crippen LogP contribution in [0.25, 0.3) is 0 Å². The maximum absolute atomic E-state index is 11.5. The van der Waals surface area contributed by atoms with E-state index in [-0.39, 0.29) is 5.91 Å². The molecule has 0 aromatic rings. The summed E-state index contributed by atoms with van der Waals surface area (Å²) in [4.78, 5) is 13.3. The van der Waals surface area contributed by atoms with Crippen LogP contribution in [0.15, 0.2) is 0 Å². The van der Waals surface area contributed by atoms with Crippen LogP contribution in [0, 0.1) is 0 Å². The van der Waals surface area contributed by atoms with Gasteiger partial charge in [0.05, 0.1) is 12.1 Å². The average molecular weight is 200 g/mol. The van der Waals surface area contributed by atoms with Crippen LogP contribution in [0.5, 0.6) is 0 Å². The lowest BCUT2D eigenvalue weighted by Crippen LogP contribution is -2.38. The number of rotatable bonds is 3. The number of aliphatic hydroxyl groups is 1. The quantitative estimate of drug-likeness (QED) is 0.672. The van der Waals surface area contributed by atoms with Crippen molar-refractivity contribution in [1.29, 1.82) is 0 Å². The lowest BCUT2D eigenvalue weighted by atomic mass is 10.1. The second-order valence-corrected chi connectivity index (χ2v) is 4.47. The van der Waals surface area contributed by atoms with E-state index in [0.717, 1.165) is 19.5 Å². The van der Waals surface area contributed by atoms with Crippen molar-refractivity contribution < 1.29 is 9.90 Å². The minimum Gasteiger partial charge on any atom is -0.390 e. The maximum atomic E-state index is 11.5.